The maximum Gasteiger partial charge on any atom is 0.313 e. The molecule has 0 saturated carbocycles. The van der Waals surface area contributed by atoms with Crippen LogP contribution in [0, 0.1) is 11.8 Å². The first-order chi connectivity index (χ1) is 16.1. The third kappa shape index (κ3) is 8.72. The number of carbonyl (C=O) groups excluding carboxylic acids is 3. The van der Waals surface area contributed by atoms with Gasteiger partial charge in [-0.25, -0.2) is 0 Å². The van der Waals surface area contributed by atoms with E-state index >= 15 is 0 Å². The molecule has 2 aromatic carbocycles. The van der Waals surface area contributed by atoms with Crippen molar-refractivity contribution >= 4 is 35.5 Å². The van der Waals surface area contributed by atoms with Crippen LogP contribution < -0.4 is 9.47 Å². The van der Waals surface area contributed by atoms with E-state index in [1.165, 1.54) is 13.3 Å². The van der Waals surface area contributed by atoms with Gasteiger partial charge in [0.05, 0.1) is 11.8 Å². The van der Waals surface area contributed by atoms with Crippen molar-refractivity contribution < 1.29 is 28.6 Å². The molecule has 0 amide bonds. The van der Waals surface area contributed by atoms with Gasteiger partial charge < -0.3 is 14.2 Å². The second-order valence-corrected chi connectivity index (χ2v) is 8.85. The molecule has 34 heavy (non-hydrogen) atoms. The van der Waals surface area contributed by atoms with Crippen LogP contribution in [0.5, 0.6) is 11.5 Å². The lowest BCUT2D eigenvalue weighted by atomic mass is 10.0. The van der Waals surface area contributed by atoms with Crippen molar-refractivity contribution in [3.63, 3.8) is 0 Å². The molecule has 8 heteroatoms. The summed E-state index contributed by atoms with van der Waals surface area (Å²) >= 11 is 6.16. The number of hydrogen-bond donors (Lipinski definition) is 0. The standard InChI is InChI=1S/C26H30ClNO6/c1-16(2)25(30)33-21-8-6-18(7-9-21)12-23(24(29)15-32-5)28-14-19-10-20(27)13-22(11-19)34-26(31)17(3)4/h6-11,13-14,16-17,23H,12,15H2,1-5H3. The van der Waals surface area contributed by atoms with Gasteiger partial charge in [0, 0.05) is 24.8 Å². The van der Waals surface area contributed by atoms with Gasteiger partial charge in [0.15, 0.2) is 5.78 Å². The van der Waals surface area contributed by atoms with Gasteiger partial charge in [0.25, 0.3) is 0 Å². The van der Waals surface area contributed by atoms with Crippen LogP contribution >= 0.6 is 11.6 Å². The number of benzene rings is 2. The lowest BCUT2D eigenvalue weighted by molar-refractivity contribution is -0.138. The van der Waals surface area contributed by atoms with Crippen molar-refractivity contribution in [3.05, 3.63) is 58.6 Å². The van der Waals surface area contributed by atoms with E-state index in [9.17, 15) is 14.4 Å². The molecule has 1 unspecified atom stereocenters. The predicted molar refractivity (Wildman–Crippen MR) is 131 cm³/mol. The average Bonchev–Trinajstić information content (AvgIpc) is 2.77. The number of Topliss-reactive ketones (excluding diaryl/α,β-unsaturated/α-hetero) is 1. The lowest BCUT2D eigenvalue weighted by Gasteiger charge is -2.13. The number of aliphatic imine (C=N–C) groups is 1. The molecule has 0 heterocycles. The topological polar surface area (TPSA) is 91.3 Å². The maximum atomic E-state index is 12.6. The largest absolute Gasteiger partial charge is 0.426 e. The van der Waals surface area contributed by atoms with Crippen LogP contribution in [0.3, 0.4) is 0 Å². The van der Waals surface area contributed by atoms with E-state index in [0.29, 0.717) is 28.5 Å². The molecule has 0 bridgehead atoms. The summed E-state index contributed by atoms with van der Waals surface area (Å²) in [5, 5.41) is 0.377. The summed E-state index contributed by atoms with van der Waals surface area (Å²) < 4.78 is 15.6. The van der Waals surface area contributed by atoms with Gasteiger partial charge >= 0.3 is 11.9 Å². The van der Waals surface area contributed by atoms with E-state index in [0.717, 1.165) is 5.56 Å². The first-order valence-corrected chi connectivity index (χ1v) is 11.3. The minimum Gasteiger partial charge on any atom is -0.426 e. The summed E-state index contributed by atoms with van der Waals surface area (Å²) in [4.78, 5) is 40.7. The highest BCUT2D eigenvalue weighted by atomic mass is 35.5. The highest BCUT2D eigenvalue weighted by Crippen LogP contribution is 2.22. The van der Waals surface area contributed by atoms with Crippen LogP contribution in [0.25, 0.3) is 0 Å². The van der Waals surface area contributed by atoms with Crippen LogP contribution in [-0.2, 0) is 25.5 Å². The van der Waals surface area contributed by atoms with E-state index < -0.39 is 6.04 Å². The molecule has 182 valence electrons. The second kappa shape index (κ2) is 13.0. The molecular weight excluding hydrogens is 458 g/mol. The van der Waals surface area contributed by atoms with E-state index in [1.807, 2.05) is 0 Å². The maximum absolute atomic E-state index is 12.6. The Morgan fingerprint density at radius 3 is 2.06 bits per heavy atom. The van der Waals surface area contributed by atoms with E-state index in [-0.39, 0.29) is 36.2 Å². The minimum absolute atomic E-state index is 0.0844. The van der Waals surface area contributed by atoms with Crippen LogP contribution in [0.1, 0.15) is 38.8 Å². The fourth-order valence-corrected chi connectivity index (χ4v) is 3.00. The molecular formula is C26H30ClNO6. The Hall–Kier alpha value is -3.03. The van der Waals surface area contributed by atoms with Crippen molar-refractivity contribution in [2.75, 3.05) is 13.7 Å². The summed E-state index contributed by atoms with van der Waals surface area (Å²) in [6.07, 6.45) is 1.85. The Balaban J connectivity index is 2.19. The summed E-state index contributed by atoms with van der Waals surface area (Å²) in [6, 6.07) is 11.1. The normalized spacial score (nSPS) is 12.2. The molecule has 2 rings (SSSR count). The van der Waals surface area contributed by atoms with Crippen molar-refractivity contribution in [2.45, 2.75) is 40.2 Å². The zero-order valence-corrected chi connectivity index (χ0v) is 20.8. The van der Waals surface area contributed by atoms with Crippen molar-refractivity contribution in [1.29, 1.82) is 0 Å². The fraction of sp³-hybridized carbons (Fsp3) is 0.385. The molecule has 1 atom stereocenters. The van der Waals surface area contributed by atoms with Gasteiger partial charge in [-0.3, -0.25) is 19.4 Å². The van der Waals surface area contributed by atoms with Gasteiger partial charge in [-0.1, -0.05) is 51.4 Å². The number of ketones is 1. The van der Waals surface area contributed by atoms with Crippen LogP contribution in [0.15, 0.2) is 47.5 Å². The molecule has 0 spiro atoms. The van der Waals surface area contributed by atoms with Crippen LogP contribution in [0.4, 0.5) is 0 Å². The molecule has 0 N–H and O–H groups in total. The molecule has 0 aliphatic heterocycles. The highest BCUT2D eigenvalue weighted by molar-refractivity contribution is 6.31. The number of carbonyl (C=O) groups is 3. The monoisotopic (exact) mass is 487 g/mol. The highest BCUT2D eigenvalue weighted by Gasteiger charge is 2.18. The zero-order chi connectivity index (χ0) is 25.3. The fourth-order valence-electron chi connectivity index (χ4n) is 2.77. The Kier molecular flexibility index (Phi) is 10.4. The van der Waals surface area contributed by atoms with E-state index in [2.05, 4.69) is 4.99 Å². The molecule has 2 aromatic rings. The molecule has 0 saturated heterocycles. The van der Waals surface area contributed by atoms with Crippen molar-refractivity contribution in [1.82, 2.24) is 0 Å². The lowest BCUT2D eigenvalue weighted by Crippen LogP contribution is -2.25. The average molecular weight is 488 g/mol. The molecule has 0 fully saturated rings. The number of rotatable bonds is 11. The van der Waals surface area contributed by atoms with Crippen LogP contribution in [-0.4, -0.2) is 43.7 Å². The van der Waals surface area contributed by atoms with Gasteiger partial charge in [-0.2, -0.15) is 0 Å². The van der Waals surface area contributed by atoms with Gasteiger partial charge in [-0.05, 0) is 41.5 Å². The molecule has 0 radical (unpaired) electrons. The Labute approximate surface area is 205 Å². The Morgan fingerprint density at radius 1 is 0.912 bits per heavy atom. The number of nitrogens with zero attached hydrogens (tertiary/aromatic N) is 1. The first-order valence-electron chi connectivity index (χ1n) is 11.0. The van der Waals surface area contributed by atoms with Crippen molar-refractivity contribution in [3.8, 4) is 11.5 Å². The van der Waals surface area contributed by atoms with Gasteiger partial charge in [0.1, 0.15) is 24.1 Å². The number of halogens is 1. The van der Waals surface area contributed by atoms with E-state index in [1.54, 1.807) is 70.2 Å². The zero-order valence-electron chi connectivity index (χ0n) is 20.0. The third-order valence-corrected chi connectivity index (χ3v) is 4.91. The summed E-state index contributed by atoms with van der Waals surface area (Å²) in [7, 11) is 1.45. The number of methoxy groups -OCH3 is 1. The Bertz CT molecular complexity index is 1030. The number of hydrogen-bond acceptors (Lipinski definition) is 7. The molecule has 7 nitrogen and oxygen atoms in total. The van der Waals surface area contributed by atoms with Crippen LogP contribution in [0.2, 0.25) is 5.02 Å². The van der Waals surface area contributed by atoms with Crippen molar-refractivity contribution in [2.24, 2.45) is 16.8 Å². The summed E-state index contributed by atoms with van der Waals surface area (Å²) in [5.74, 6) is -0.653. The number of esters is 2. The predicted octanol–water partition coefficient (Wildman–Crippen LogP) is 4.71. The molecule has 0 aromatic heterocycles. The Morgan fingerprint density at radius 2 is 1.50 bits per heavy atom. The van der Waals surface area contributed by atoms with E-state index in [4.69, 9.17) is 25.8 Å². The summed E-state index contributed by atoms with van der Waals surface area (Å²) in [6.45, 7) is 6.92. The van der Waals surface area contributed by atoms with Gasteiger partial charge in [0.2, 0.25) is 0 Å². The molecule has 0 aliphatic rings. The SMILES string of the molecule is COCC(=O)C(Cc1ccc(OC(=O)C(C)C)cc1)N=Cc1cc(Cl)cc(OC(=O)C(C)C)c1. The molecule has 0 aliphatic carbocycles. The third-order valence-electron chi connectivity index (χ3n) is 4.69. The first kappa shape index (κ1) is 27.2. The quantitative estimate of drug-likeness (QED) is 0.259. The minimum atomic E-state index is -0.704. The smallest absolute Gasteiger partial charge is 0.313 e. The van der Waals surface area contributed by atoms with Gasteiger partial charge in [-0.15, -0.1) is 0 Å². The summed E-state index contributed by atoms with van der Waals surface area (Å²) in [5.41, 5.74) is 1.43. The number of ether oxygens (including phenoxy) is 3. The second-order valence-electron chi connectivity index (χ2n) is 8.41.